The van der Waals surface area contributed by atoms with Gasteiger partial charge >= 0.3 is 0 Å². The molecule has 1 aliphatic heterocycles. The Morgan fingerprint density at radius 2 is 1.64 bits per heavy atom. The van der Waals surface area contributed by atoms with Gasteiger partial charge in [-0.15, -0.1) is 0 Å². The Bertz CT molecular complexity index is 513. The lowest BCUT2D eigenvalue weighted by molar-refractivity contribution is -0.0593. The Hall–Kier alpha value is -0.940. The van der Waals surface area contributed by atoms with E-state index in [0.29, 0.717) is 13.2 Å². The Balaban J connectivity index is 1.81. The standard InChI is InChI=1S/C21H35NO3/c1-20(2,3)16-6-8-17(9-7-16)21(4,5)22-14-18(23)15-25-19-10-12-24-13-11-19/h6-9,18-19,22-23H,10-15H2,1-5H3. The first kappa shape index (κ1) is 20.4. The molecule has 0 amide bonds. The number of aliphatic hydroxyl groups excluding tert-OH is 1. The van der Waals surface area contributed by atoms with Gasteiger partial charge < -0.3 is 19.9 Å². The van der Waals surface area contributed by atoms with Crippen LogP contribution in [0.3, 0.4) is 0 Å². The van der Waals surface area contributed by atoms with E-state index in [1.165, 1.54) is 11.1 Å². The first-order valence-electron chi connectivity index (χ1n) is 9.42. The first-order valence-corrected chi connectivity index (χ1v) is 9.42. The van der Waals surface area contributed by atoms with Gasteiger partial charge in [-0.05, 0) is 43.2 Å². The van der Waals surface area contributed by atoms with E-state index in [9.17, 15) is 5.11 Å². The number of hydrogen-bond donors (Lipinski definition) is 2. The van der Waals surface area contributed by atoms with Crippen molar-refractivity contribution < 1.29 is 14.6 Å². The number of nitrogens with one attached hydrogen (secondary N) is 1. The number of ether oxygens (including phenoxy) is 2. The smallest absolute Gasteiger partial charge is 0.0898 e. The number of aliphatic hydroxyl groups is 1. The van der Waals surface area contributed by atoms with Crippen LogP contribution in [0.25, 0.3) is 0 Å². The van der Waals surface area contributed by atoms with Crippen LogP contribution in [0.2, 0.25) is 0 Å². The van der Waals surface area contributed by atoms with Crippen LogP contribution in [-0.4, -0.2) is 43.7 Å². The summed E-state index contributed by atoms with van der Waals surface area (Å²) in [6.45, 7) is 13.4. The molecule has 0 bridgehead atoms. The van der Waals surface area contributed by atoms with E-state index in [2.05, 4.69) is 64.2 Å². The summed E-state index contributed by atoms with van der Waals surface area (Å²) in [6, 6.07) is 8.75. The van der Waals surface area contributed by atoms with E-state index in [1.54, 1.807) is 0 Å². The second-order valence-electron chi connectivity index (χ2n) is 8.63. The van der Waals surface area contributed by atoms with Crippen molar-refractivity contribution in [2.45, 2.75) is 70.6 Å². The van der Waals surface area contributed by atoms with E-state index in [-0.39, 0.29) is 17.1 Å². The van der Waals surface area contributed by atoms with Crippen molar-refractivity contribution in [3.63, 3.8) is 0 Å². The zero-order valence-corrected chi connectivity index (χ0v) is 16.5. The summed E-state index contributed by atoms with van der Waals surface area (Å²) >= 11 is 0. The molecule has 2 rings (SSSR count). The van der Waals surface area contributed by atoms with Gasteiger partial charge in [0.25, 0.3) is 0 Å². The number of benzene rings is 1. The molecule has 4 nitrogen and oxygen atoms in total. The molecule has 4 heteroatoms. The first-order chi connectivity index (χ1) is 11.7. The van der Waals surface area contributed by atoms with Crippen LogP contribution in [0.4, 0.5) is 0 Å². The molecule has 25 heavy (non-hydrogen) atoms. The van der Waals surface area contributed by atoms with Gasteiger partial charge in [0.05, 0.1) is 18.8 Å². The Kier molecular flexibility index (Phi) is 7.03. The van der Waals surface area contributed by atoms with E-state index >= 15 is 0 Å². The van der Waals surface area contributed by atoms with Crippen molar-refractivity contribution in [1.29, 1.82) is 0 Å². The lowest BCUT2D eigenvalue weighted by Gasteiger charge is -2.30. The molecule has 1 aliphatic rings. The highest BCUT2D eigenvalue weighted by Gasteiger charge is 2.23. The number of hydrogen-bond acceptors (Lipinski definition) is 4. The van der Waals surface area contributed by atoms with Crippen LogP contribution in [0.15, 0.2) is 24.3 Å². The molecule has 1 atom stereocenters. The third kappa shape index (κ3) is 6.37. The minimum absolute atomic E-state index is 0.161. The highest BCUT2D eigenvalue weighted by Crippen LogP contribution is 2.26. The minimum Gasteiger partial charge on any atom is -0.389 e. The van der Waals surface area contributed by atoms with E-state index in [0.717, 1.165) is 26.1 Å². The molecule has 0 spiro atoms. The van der Waals surface area contributed by atoms with Crippen molar-refractivity contribution in [1.82, 2.24) is 5.32 Å². The SMILES string of the molecule is CC(C)(C)c1ccc(C(C)(C)NCC(O)COC2CCOCC2)cc1. The lowest BCUT2D eigenvalue weighted by Crippen LogP contribution is -2.43. The van der Waals surface area contributed by atoms with Gasteiger partial charge in [-0.25, -0.2) is 0 Å². The molecule has 1 heterocycles. The van der Waals surface area contributed by atoms with Crippen molar-refractivity contribution in [3.8, 4) is 0 Å². The molecular formula is C21H35NO3. The molecule has 1 aromatic rings. The summed E-state index contributed by atoms with van der Waals surface area (Å²) < 4.78 is 11.1. The van der Waals surface area contributed by atoms with Gasteiger partial charge in [0, 0.05) is 25.3 Å². The fraction of sp³-hybridized carbons (Fsp3) is 0.714. The topological polar surface area (TPSA) is 50.7 Å². The molecule has 0 radical (unpaired) electrons. The summed E-state index contributed by atoms with van der Waals surface area (Å²) in [7, 11) is 0. The summed E-state index contributed by atoms with van der Waals surface area (Å²) in [6.07, 6.45) is 1.56. The summed E-state index contributed by atoms with van der Waals surface area (Å²) in [4.78, 5) is 0. The minimum atomic E-state index is -0.504. The van der Waals surface area contributed by atoms with Gasteiger partial charge in [-0.2, -0.15) is 0 Å². The van der Waals surface area contributed by atoms with Crippen molar-refractivity contribution in [2.75, 3.05) is 26.4 Å². The predicted octanol–water partition coefficient (Wildman–Crippen LogP) is 3.37. The molecule has 1 saturated heterocycles. The summed E-state index contributed by atoms with van der Waals surface area (Å²) in [5.74, 6) is 0. The van der Waals surface area contributed by atoms with E-state index in [1.807, 2.05) is 0 Å². The predicted molar refractivity (Wildman–Crippen MR) is 102 cm³/mol. The average Bonchev–Trinajstić information content (AvgIpc) is 2.58. The molecule has 1 fully saturated rings. The Morgan fingerprint density at radius 3 is 2.20 bits per heavy atom. The Morgan fingerprint density at radius 1 is 1.08 bits per heavy atom. The molecule has 0 aromatic heterocycles. The quantitative estimate of drug-likeness (QED) is 0.792. The van der Waals surface area contributed by atoms with Gasteiger partial charge in [-0.3, -0.25) is 0 Å². The van der Waals surface area contributed by atoms with Crippen molar-refractivity contribution >= 4 is 0 Å². The number of rotatable bonds is 7. The van der Waals surface area contributed by atoms with E-state index < -0.39 is 6.10 Å². The van der Waals surface area contributed by atoms with Gasteiger partial charge in [0.2, 0.25) is 0 Å². The van der Waals surface area contributed by atoms with Crippen molar-refractivity contribution in [3.05, 3.63) is 35.4 Å². The molecule has 1 aromatic carbocycles. The van der Waals surface area contributed by atoms with Crippen LogP contribution >= 0.6 is 0 Å². The fourth-order valence-corrected chi connectivity index (χ4v) is 3.01. The molecule has 0 aliphatic carbocycles. The van der Waals surface area contributed by atoms with Crippen LogP contribution in [0.1, 0.15) is 58.6 Å². The molecule has 2 N–H and O–H groups in total. The third-order valence-electron chi connectivity index (χ3n) is 4.94. The normalized spacial score (nSPS) is 18.3. The molecule has 0 saturated carbocycles. The third-order valence-corrected chi connectivity index (χ3v) is 4.94. The lowest BCUT2D eigenvalue weighted by atomic mass is 9.84. The maximum atomic E-state index is 10.2. The molecule has 142 valence electrons. The van der Waals surface area contributed by atoms with Crippen LogP contribution in [0.5, 0.6) is 0 Å². The maximum Gasteiger partial charge on any atom is 0.0898 e. The summed E-state index contributed by atoms with van der Waals surface area (Å²) in [5.41, 5.74) is 2.51. The largest absolute Gasteiger partial charge is 0.389 e. The van der Waals surface area contributed by atoms with Crippen molar-refractivity contribution in [2.24, 2.45) is 0 Å². The van der Waals surface area contributed by atoms with Crippen LogP contribution in [0, 0.1) is 0 Å². The highest BCUT2D eigenvalue weighted by molar-refractivity contribution is 5.31. The zero-order chi connectivity index (χ0) is 18.5. The second-order valence-corrected chi connectivity index (χ2v) is 8.63. The molecular weight excluding hydrogens is 314 g/mol. The maximum absolute atomic E-state index is 10.2. The van der Waals surface area contributed by atoms with Crippen LogP contribution in [-0.2, 0) is 20.4 Å². The fourth-order valence-electron chi connectivity index (χ4n) is 3.01. The van der Waals surface area contributed by atoms with Gasteiger partial charge in [0.1, 0.15) is 0 Å². The molecule has 1 unspecified atom stereocenters. The summed E-state index contributed by atoms with van der Waals surface area (Å²) in [5, 5.41) is 13.7. The second kappa shape index (κ2) is 8.63. The average molecular weight is 350 g/mol. The Labute approximate surface area is 152 Å². The highest BCUT2D eigenvalue weighted by atomic mass is 16.5. The van der Waals surface area contributed by atoms with Crippen LogP contribution < -0.4 is 5.32 Å². The monoisotopic (exact) mass is 349 g/mol. The van der Waals surface area contributed by atoms with Gasteiger partial charge in [-0.1, -0.05) is 45.0 Å². The zero-order valence-electron chi connectivity index (χ0n) is 16.5. The van der Waals surface area contributed by atoms with Gasteiger partial charge in [0.15, 0.2) is 0 Å². The van der Waals surface area contributed by atoms with E-state index in [4.69, 9.17) is 9.47 Å².